The van der Waals surface area contributed by atoms with Gasteiger partial charge in [0.1, 0.15) is 11.3 Å². The monoisotopic (exact) mass is 474 g/mol. The summed E-state index contributed by atoms with van der Waals surface area (Å²) in [7, 11) is 0. The van der Waals surface area contributed by atoms with E-state index >= 15 is 0 Å². The minimum absolute atomic E-state index is 0.0841. The number of aryl methyl sites for hydroxylation is 2. The summed E-state index contributed by atoms with van der Waals surface area (Å²) >= 11 is 1.35. The van der Waals surface area contributed by atoms with Crippen molar-refractivity contribution in [1.82, 2.24) is 4.98 Å². The molecule has 1 aliphatic heterocycles. The van der Waals surface area contributed by atoms with Gasteiger partial charge < -0.3 is 9.15 Å². The molecular formula is C27H26N2O4S. The summed E-state index contributed by atoms with van der Waals surface area (Å²) < 4.78 is 11.9. The van der Waals surface area contributed by atoms with Crippen molar-refractivity contribution in [3.05, 3.63) is 86.2 Å². The average molecular weight is 475 g/mol. The Kier molecular flexibility index (Phi) is 5.96. The molecule has 1 aliphatic rings. The van der Waals surface area contributed by atoms with Gasteiger partial charge in [-0.25, -0.2) is 4.98 Å². The Morgan fingerprint density at radius 1 is 1.09 bits per heavy atom. The molecule has 1 unspecified atom stereocenters. The van der Waals surface area contributed by atoms with Crippen LogP contribution in [0, 0.1) is 13.8 Å². The number of ether oxygens (including phenoxy) is 1. The standard InChI is InChI=1S/C27H26N2O4S/c1-4-5-6-12-32-19-9-7-18(8-10-19)23-22-24(30)20-14-16(2)17(3)15-21(20)33-25(22)26(31)29(23)27-28-11-13-34-27/h7-11,13-15,23H,4-6,12H2,1-3H3. The summed E-state index contributed by atoms with van der Waals surface area (Å²) in [6.45, 7) is 6.75. The lowest BCUT2D eigenvalue weighted by Crippen LogP contribution is -2.29. The van der Waals surface area contributed by atoms with Crippen LogP contribution < -0.4 is 15.1 Å². The second-order valence-corrected chi connectivity index (χ2v) is 9.50. The molecule has 0 aliphatic carbocycles. The van der Waals surface area contributed by atoms with Gasteiger partial charge in [-0.3, -0.25) is 14.5 Å². The van der Waals surface area contributed by atoms with E-state index in [-0.39, 0.29) is 17.1 Å². The number of benzene rings is 2. The van der Waals surface area contributed by atoms with E-state index in [0.29, 0.717) is 28.3 Å². The second-order valence-electron chi connectivity index (χ2n) is 8.62. The van der Waals surface area contributed by atoms with Crippen molar-refractivity contribution in [2.75, 3.05) is 11.5 Å². The van der Waals surface area contributed by atoms with Crippen molar-refractivity contribution >= 4 is 33.3 Å². The summed E-state index contributed by atoms with van der Waals surface area (Å²) in [5, 5.41) is 2.82. The quantitative estimate of drug-likeness (QED) is 0.299. The molecule has 6 nitrogen and oxygen atoms in total. The number of aromatic nitrogens is 1. The number of fused-ring (bicyclic) bond motifs is 2. The highest BCUT2D eigenvalue weighted by Gasteiger charge is 2.44. The number of carbonyl (C=O) groups is 1. The zero-order chi connectivity index (χ0) is 23.8. The Morgan fingerprint density at radius 2 is 1.85 bits per heavy atom. The molecule has 1 amide bonds. The summed E-state index contributed by atoms with van der Waals surface area (Å²) in [6, 6.07) is 10.6. The van der Waals surface area contributed by atoms with Crippen molar-refractivity contribution in [2.24, 2.45) is 0 Å². The van der Waals surface area contributed by atoms with Crippen LogP contribution in [0.15, 0.2) is 57.2 Å². The first kappa shape index (κ1) is 22.3. The van der Waals surface area contributed by atoms with Gasteiger partial charge >= 0.3 is 0 Å². The summed E-state index contributed by atoms with van der Waals surface area (Å²) in [4.78, 5) is 33.2. The Hall–Kier alpha value is -3.45. The van der Waals surface area contributed by atoms with E-state index in [1.54, 1.807) is 11.1 Å². The lowest BCUT2D eigenvalue weighted by molar-refractivity contribution is 0.0971. The lowest BCUT2D eigenvalue weighted by Gasteiger charge is -2.22. The van der Waals surface area contributed by atoms with Gasteiger partial charge in [-0.1, -0.05) is 31.9 Å². The van der Waals surface area contributed by atoms with Gasteiger partial charge in [-0.2, -0.15) is 0 Å². The maximum absolute atomic E-state index is 13.7. The molecule has 1 atom stereocenters. The Bertz CT molecular complexity index is 1410. The lowest BCUT2D eigenvalue weighted by atomic mass is 9.97. The van der Waals surface area contributed by atoms with Gasteiger partial charge in [0.2, 0.25) is 5.76 Å². The third-order valence-electron chi connectivity index (χ3n) is 6.32. The highest BCUT2D eigenvalue weighted by atomic mass is 32.1. The number of rotatable bonds is 7. The number of unbranched alkanes of at least 4 members (excludes halogenated alkanes) is 2. The molecule has 4 aromatic rings. The van der Waals surface area contributed by atoms with E-state index in [9.17, 15) is 9.59 Å². The predicted molar refractivity (Wildman–Crippen MR) is 134 cm³/mol. The van der Waals surface area contributed by atoms with E-state index in [1.165, 1.54) is 11.3 Å². The van der Waals surface area contributed by atoms with Crippen LogP contribution in [0.2, 0.25) is 0 Å². The first-order valence-electron chi connectivity index (χ1n) is 11.5. The Morgan fingerprint density at radius 3 is 2.56 bits per heavy atom. The van der Waals surface area contributed by atoms with Crippen LogP contribution in [0.3, 0.4) is 0 Å². The predicted octanol–water partition coefficient (Wildman–Crippen LogP) is 6.19. The molecule has 0 fully saturated rings. The normalized spacial score (nSPS) is 15.2. The molecule has 0 saturated carbocycles. The fraction of sp³-hybridized carbons (Fsp3) is 0.296. The maximum Gasteiger partial charge on any atom is 0.297 e. The fourth-order valence-electron chi connectivity index (χ4n) is 4.36. The van der Waals surface area contributed by atoms with E-state index in [4.69, 9.17) is 9.15 Å². The number of hydrogen-bond donors (Lipinski definition) is 0. The maximum atomic E-state index is 13.7. The smallest absolute Gasteiger partial charge is 0.297 e. The van der Waals surface area contributed by atoms with Crippen LogP contribution in [0.4, 0.5) is 5.13 Å². The van der Waals surface area contributed by atoms with Crippen molar-refractivity contribution in [3.63, 3.8) is 0 Å². The van der Waals surface area contributed by atoms with Crippen molar-refractivity contribution in [3.8, 4) is 5.75 Å². The molecule has 3 heterocycles. The van der Waals surface area contributed by atoms with Crippen LogP contribution in [0.25, 0.3) is 11.0 Å². The number of amides is 1. The number of carbonyl (C=O) groups excluding carboxylic acids is 1. The number of anilines is 1. The van der Waals surface area contributed by atoms with E-state index < -0.39 is 6.04 Å². The summed E-state index contributed by atoms with van der Waals surface area (Å²) in [5.41, 5.74) is 3.41. The van der Waals surface area contributed by atoms with E-state index in [1.807, 2.05) is 55.6 Å². The first-order chi connectivity index (χ1) is 16.5. The van der Waals surface area contributed by atoms with Crippen molar-refractivity contribution < 1.29 is 13.9 Å². The van der Waals surface area contributed by atoms with Gasteiger partial charge in [0, 0.05) is 11.6 Å². The third kappa shape index (κ3) is 3.80. The Labute approximate surface area is 201 Å². The molecule has 0 radical (unpaired) electrons. The molecule has 0 spiro atoms. The van der Waals surface area contributed by atoms with E-state index in [0.717, 1.165) is 41.7 Å². The van der Waals surface area contributed by atoms with Gasteiger partial charge in [-0.15, -0.1) is 11.3 Å². The summed E-state index contributed by atoms with van der Waals surface area (Å²) in [6.07, 6.45) is 4.93. The molecular weight excluding hydrogens is 448 g/mol. The van der Waals surface area contributed by atoms with Crippen molar-refractivity contribution in [1.29, 1.82) is 0 Å². The molecule has 2 aromatic carbocycles. The minimum atomic E-state index is -0.620. The molecule has 5 rings (SSSR count). The molecule has 0 saturated heterocycles. The van der Waals surface area contributed by atoms with Gasteiger partial charge in [0.25, 0.3) is 5.91 Å². The SMILES string of the molecule is CCCCCOc1ccc(C2c3c(oc4cc(C)c(C)cc4c3=O)C(=O)N2c2nccs2)cc1. The van der Waals surface area contributed by atoms with Gasteiger partial charge in [-0.05, 0) is 61.2 Å². The number of nitrogens with zero attached hydrogens (tertiary/aromatic N) is 2. The van der Waals surface area contributed by atoms with E-state index in [2.05, 4.69) is 11.9 Å². The zero-order valence-electron chi connectivity index (χ0n) is 19.5. The van der Waals surface area contributed by atoms with Crippen LogP contribution in [0.1, 0.15) is 65.0 Å². The topological polar surface area (TPSA) is 72.6 Å². The van der Waals surface area contributed by atoms with Crippen LogP contribution in [-0.4, -0.2) is 17.5 Å². The summed E-state index contributed by atoms with van der Waals surface area (Å²) in [5.74, 6) is 0.495. The largest absolute Gasteiger partial charge is 0.494 e. The third-order valence-corrected chi connectivity index (χ3v) is 7.10. The van der Waals surface area contributed by atoms with Crippen LogP contribution in [-0.2, 0) is 0 Å². The molecule has 174 valence electrons. The first-order valence-corrected chi connectivity index (χ1v) is 12.4. The highest BCUT2D eigenvalue weighted by Crippen LogP contribution is 2.42. The van der Waals surface area contributed by atoms with Crippen LogP contribution in [0.5, 0.6) is 5.75 Å². The number of hydrogen-bond acceptors (Lipinski definition) is 6. The Balaban J connectivity index is 1.62. The minimum Gasteiger partial charge on any atom is -0.494 e. The molecule has 2 aromatic heterocycles. The van der Waals surface area contributed by atoms with Gasteiger partial charge in [0.15, 0.2) is 10.6 Å². The molecule has 0 bridgehead atoms. The average Bonchev–Trinajstić information content (AvgIpc) is 3.45. The van der Waals surface area contributed by atoms with Gasteiger partial charge in [0.05, 0.1) is 23.6 Å². The highest BCUT2D eigenvalue weighted by molar-refractivity contribution is 7.13. The fourth-order valence-corrected chi connectivity index (χ4v) is 5.03. The molecule has 34 heavy (non-hydrogen) atoms. The van der Waals surface area contributed by atoms with Crippen LogP contribution >= 0.6 is 11.3 Å². The molecule has 7 heteroatoms. The molecule has 0 N–H and O–H groups in total. The number of thiazole rings is 1. The zero-order valence-corrected chi connectivity index (χ0v) is 20.3. The second kappa shape index (κ2) is 9.06. The van der Waals surface area contributed by atoms with Crippen molar-refractivity contribution in [2.45, 2.75) is 46.1 Å².